The summed E-state index contributed by atoms with van der Waals surface area (Å²) in [7, 11) is 17.5. The number of rotatable bonds is 8. The number of allylic oxidation sites excluding steroid dienone is 4. The van der Waals surface area contributed by atoms with Crippen molar-refractivity contribution in [2.75, 3.05) is 0 Å². The Balaban J connectivity index is 1.36. The molecule has 8 aromatic rings. The maximum absolute atomic E-state index is 11.6. The Morgan fingerprint density at radius 3 is 0.734 bits per heavy atom. The van der Waals surface area contributed by atoms with E-state index < -0.39 is 43.4 Å². The van der Waals surface area contributed by atoms with Gasteiger partial charge in [-0.3, -0.25) is 0 Å². The number of hydrogen-bond donors (Lipinski definition) is 0. The second-order valence-electron chi connectivity index (χ2n) is 26.0. The normalized spacial score (nSPS) is 27.7. The van der Waals surface area contributed by atoms with Crippen molar-refractivity contribution < 1.29 is 32.3 Å². The second kappa shape index (κ2) is 16.3. The van der Waals surface area contributed by atoms with Crippen molar-refractivity contribution in [2.24, 2.45) is 0 Å². The van der Waals surface area contributed by atoms with Crippen LogP contribution >= 0.6 is 17.2 Å². The molecule has 0 saturated carbocycles. The molecule has 6 heterocycles. The zero-order chi connectivity index (χ0) is 55.5. The molecule has 4 unspecified atom stereocenters. The fourth-order valence-electron chi connectivity index (χ4n) is 20.0. The molecule has 4 aromatic carbocycles. The van der Waals surface area contributed by atoms with Gasteiger partial charge in [0.1, 0.15) is 0 Å². The maximum atomic E-state index is 11.6. The summed E-state index contributed by atoms with van der Waals surface area (Å²) in [5, 5.41) is 0. The van der Waals surface area contributed by atoms with E-state index in [1.165, 1.54) is 66.8 Å². The predicted molar refractivity (Wildman–Crippen MR) is 332 cm³/mol. The Hall–Kier alpha value is -5.16. The SMILES string of the molecule is Cc1ccc(C2=Cc3c(C(C)C)cccc3[C]23[SiH](C)[C]2(C(c4ccc(C)o4)=Cc4c(C(C)C)cccc42)[Hf]32([Cl])([Cl])[C]3(C(c4ccc(C)o4)=Cc4c(C(C)C)cccc43)[SiH](C)[C]23C(c2ccc(C)o2)=Cc2c(C(C)C)cccc23)o1. The molecule has 4 aromatic heterocycles. The van der Waals surface area contributed by atoms with E-state index in [0.29, 0.717) is 0 Å². The summed E-state index contributed by atoms with van der Waals surface area (Å²) in [5.74, 6) is 7.56. The minimum atomic E-state index is -8.32. The molecule has 4 atom stereocenters. The van der Waals surface area contributed by atoms with Crippen LogP contribution in [0, 0.1) is 27.7 Å². The molecular formula is C70H72Cl2HfO4Si2. The molecule has 0 bridgehead atoms. The fourth-order valence-corrected chi connectivity index (χ4v) is 186. The number of aryl methyl sites for hydroxylation is 4. The Morgan fingerprint density at radius 2 is 0.557 bits per heavy atom. The third-order valence-corrected chi connectivity index (χ3v) is 137. The van der Waals surface area contributed by atoms with Crippen LogP contribution in [0.15, 0.2) is 139 Å². The summed E-state index contributed by atoms with van der Waals surface area (Å²) in [4.78, 5) is 0. The van der Waals surface area contributed by atoms with E-state index in [2.05, 4.69) is 242 Å². The number of fused-ring (bicyclic) bond motifs is 12. The summed E-state index contributed by atoms with van der Waals surface area (Å²) in [5.41, 5.74) is 19.6. The van der Waals surface area contributed by atoms with Crippen molar-refractivity contribution in [3.8, 4) is 0 Å². The molecule has 4 nitrogen and oxygen atoms in total. The molecule has 0 N–H and O–H groups in total. The average molecular weight is 1280 g/mol. The quantitative estimate of drug-likeness (QED) is 0.142. The van der Waals surface area contributed by atoms with E-state index in [4.69, 9.17) is 17.7 Å². The van der Waals surface area contributed by atoms with Crippen molar-refractivity contribution in [1.29, 1.82) is 0 Å². The van der Waals surface area contributed by atoms with E-state index >= 15 is 0 Å². The Kier molecular flexibility index (Phi) is 10.7. The summed E-state index contributed by atoms with van der Waals surface area (Å²) in [6.07, 6.45) is 10.2. The third kappa shape index (κ3) is 5.13. The number of hydrogen-bond acceptors (Lipinski definition) is 4. The molecule has 402 valence electrons. The Labute approximate surface area is 475 Å². The summed E-state index contributed by atoms with van der Waals surface area (Å²) in [6.45, 7) is 32.4. The van der Waals surface area contributed by atoms with Gasteiger partial charge in [-0.2, -0.15) is 0 Å². The van der Waals surface area contributed by atoms with Gasteiger partial charge in [0, 0.05) is 0 Å². The summed E-state index contributed by atoms with van der Waals surface area (Å²) < 4.78 is 25.3. The van der Waals surface area contributed by atoms with Gasteiger partial charge in [0.05, 0.1) is 0 Å². The van der Waals surface area contributed by atoms with Gasteiger partial charge in [-0.05, 0) is 0 Å². The van der Waals surface area contributed by atoms with Crippen molar-refractivity contribution in [2.45, 2.75) is 131 Å². The van der Waals surface area contributed by atoms with Crippen LogP contribution in [0.4, 0.5) is 0 Å². The van der Waals surface area contributed by atoms with Crippen LogP contribution in [0.1, 0.15) is 192 Å². The molecule has 9 heteroatoms. The van der Waals surface area contributed by atoms with E-state index in [-0.39, 0.29) is 23.7 Å². The van der Waals surface area contributed by atoms with Crippen LogP contribution in [-0.2, 0) is 25.8 Å². The molecule has 5 spiro atoms. The van der Waals surface area contributed by atoms with Gasteiger partial charge in [0.2, 0.25) is 0 Å². The van der Waals surface area contributed by atoms with E-state index in [1.54, 1.807) is 0 Å². The van der Waals surface area contributed by atoms with Gasteiger partial charge in [0.15, 0.2) is 0 Å². The van der Waals surface area contributed by atoms with Crippen molar-refractivity contribution >= 4 is 81.3 Å². The van der Waals surface area contributed by atoms with Gasteiger partial charge in [-0.25, -0.2) is 0 Å². The van der Waals surface area contributed by atoms with Crippen LogP contribution < -0.4 is 0 Å². The summed E-state index contributed by atoms with van der Waals surface area (Å²) >= 11 is -8.32. The van der Waals surface area contributed by atoms with Gasteiger partial charge in [-0.15, -0.1) is 0 Å². The first-order valence-corrected chi connectivity index (χ1v) is 49.7. The molecule has 79 heavy (non-hydrogen) atoms. The summed E-state index contributed by atoms with van der Waals surface area (Å²) in [6, 6.07) is 46.1. The third-order valence-electron chi connectivity index (χ3n) is 21.8. The first-order valence-electron chi connectivity index (χ1n) is 29.0. The number of furan rings is 4. The molecule has 2 fully saturated rings. The van der Waals surface area contributed by atoms with Crippen molar-refractivity contribution in [3.63, 3.8) is 0 Å². The van der Waals surface area contributed by atoms with Gasteiger partial charge in [0.25, 0.3) is 0 Å². The first kappa shape index (κ1) is 52.0. The second-order valence-corrected chi connectivity index (χ2v) is 80.3. The first-order chi connectivity index (χ1) is 37.6. The van der Waals surface area contributed by atoms with E-state index in [9.17, 15) is 17.2 Å². The van der Waals surface area contributed by atoms with E-state index in [0.717, 1.165) is 68.4 Å². The number of halogens is 2. The minimum absolute atomic E-state index is 0.195. The Bertz CT molecular complexity index is 3620. The average Bonchev–Trinajstić information content (AvgIpc) is 1.53. The molecule has 14 rings (SSSR count). The molecular weight excluding hydrogens is 1210 g/mol. The molecule has 6 aliphatic rings. The van der Waals surface area contributed by atoms with Gasteiger partial charge in [-0.1, -0.05) is 0 Å². The van der Waals surface area contributed by atoms with Gasteiger partial charge < -0.3 is 0 Å². The van der Waals surface area contributed by atoms with Crippen LogP contribution in [0.5, 0.6) is 0 Å². The number of benzene rings is 4. The van der Waals surface area contributed by atoms with Crippen LogP contribution in [0.2, 0.25) is 13.1 Å². The molecule has 4 aliphatic carbocycles. The zero-order valence-corrected chi connectivity index (χ0v) is 55.6. The fraction of sp³-hybridized carbons (Fsp3) is 0.314. The van der Waals surface area contributed by atoms with Crippen molar-refractivity contribution in [1.82, 2.24) is 0 Å². The monoisotopic (exact) mass is 1280 g/mol. The predicted octanol–water partition coefficient (Wildman–Crippen LogP) is 19.3. The van der Waals surface area contributed by atoms with Crippen LogP contribution in [-0.4, -0.2) is 17.6 Å². The van der Waals surface area contributed by atoms with Crippen molar-refractivity contribution in [3.05, 3.63) is 234 Å². The van der Waals surface area contributed by atoms with Gasteiger partial charge >= 0.3 is 479 Å². The molecule has 2 aliphatic heterocycles. The standard InChI is InChI=1S/2C35H36O2Si.2ClH.Hf/c2*1-20(2)24-10-8-12-26-28(24)18-30(32-16-14-22(5)36-32)34(26)38(7)35-27-13-9-11-25(21(3)4)29(27)19-31(35)33-17-15-23(6)37-33;;;/h2*8-21,38H,1-7H3;2*1H;/q;;;;+2/p-2. The topological polar surface area (TPSA) is 52.6 Å². The zero-order valence-electron chi connectivity index (χ0n) is 48.2. The Morgan fingerprint density at radius 1 is 0.342 bits per heavy atom. The molecule has 0 amide bonds. The molecule has 2 saturated heterocycles. The molecule has 0 radical (unpaired) electrons. The van der Waals surface area contributed by atoms with Crippen LogP contribution in [0.3, 0.4) is 0 Å². The van der Waals surface area contributed by atoms with E-state index in [1.807, 2.05) is 0 Å². The van der Waals surface area contributed by atoms with Crippen LogP contribution in [0.25, 0.3) is 46.6 Å².